The highest BCUT2D eigenvalue weighted by atomic mass is 16.5. The van der Waals surface area contributed by atoms with Gasteiger partial charge in [0.2, 0.25) is 0 Å². The van der Waals surface area contributed by atoms with E-state index in [9.17, 15) is 0 Å². The van der Waals surface area contributed by atoms with Crippen molar-refractivity contribution in [2.24, 2.45) is 5.73 Å². The highest BCUT2D eigenvalue weighted by molar-refractivity contribution is 4.88. The molecule has 0 spiro atoms. The molecule has 0 radical (unpaired) electrons. The second-order valence-electron chi connectivity index (χ2n) is 1.53. The molecule has 3 heteroatoms. The molecule has 0 aliphatic rings. The molecule has 3 N–H and O–H groups in total. The topological polar surface area (TPSA) is 47.3 Å². The smallest absolute Gasteiger partial charge is 0.115 e. The van der Waals surface area contributed by atoms with Crippen LogP contribution in [0.3, 0.4) is 0 Å². The zero-order valence-corrected chi connectivity index (χ0v) is 5.27. The molecule has 0 amide bonds. The van der Waals surface area contributed by atoms with Crippen molar-refractivity contribution in [2.45, 2.75) is 6.92 Å². The lowest BCUT2D eigenvalue weighted by Crippen LogP contribution is -2.10. The Hall–Kier alpha value is -0.700. The zero-order chi connectivity index (χ0) is 6.41. The van der Waals surface area contributed by atoms with E-state index in [-0.39, 0.29) is 0 Å². The Balaban J connectivity index is 3.03. The normalized spacial score (nSPS) is 11.5. The minimum atomic E-state index is 0.508. The minimum absolute atomic E-state index is 0.508. The molecule has 0 aromatic carbocycles. The van der Waals surface area contributed by atoms with E-state index in [0.717, 1.165) is 5.70 Å². The van der Waals surface area contributed by atoms with Gasteiger partial charge >= 0.3 is 0 Å². The molecular weight excluding hydrogens is 104 g/mol. The van der Waals surface area contributed by atoms with Crippen molar-refractivity contribution in [1.29, 1.82) is 0 Å². The van der Waals surface area contributed by atoms with E-state index in [1.54, 1.807) is 13.3 Å². The second-order valence-corrected chi connectivity index (χ2v) is 1.53. The number of hydrogen-bond acceptors (Lipinski definition) is 3. The maximum Gasteiger partial charge on any atom is 0.115 e. The zero-order valence-electron chi connectivity index (χ0n) is 5.27. The van der Waals surface area contributed by atoms with Gasteiger partial charge in [0.25, 0.3) is 0 Å². The van der Waals surface area contributed by atoms with Gasteiger partial charge in [-0.15, -0.1) is 0 Å². The Morgan fingerprint density at radius 1 is 1.88 bits per heavy atom. The summed E-state index contributed by atoms with van der Waals surface area (Å²) < 4.78 is 4.68. The lowest BCUT2D eigenvalue weighted by atomic mass is 10.6. The summed E-state index contributed by atoms with van der Waals surface area (Å²) in [6.45, 7) is 2.32. The average molecular weight is 116 g/mol. The summed E-state index contributed by atoms with van der Waals surface area (Å²) in [6.07, 6.45) is 1.70. The number of nitrogens with one attached hydrogen (secondary N) is 1. The lowest BCUT2D eigenvalue weighted by molar-refractivity contribution is 0.187. The van der Waals surface area contributed by atoms with Gasteiger partial charge in [0.05, 0.1) is 0 Å². The summed E-state index contributed by atoms with van der Waals surface area (Å²) in [4.78, 5) is 0. The summed E-state index contributed by atoms with van der Waals surface area (Å²) >= 11 is 0. The Kier molecular flexibility index (Phi) is 4.07. The van der Waals surface area contributed by atoms with Crippen molar-refractivity contribution in [2.75, 3.05) is 13.8 Å². The van der Waals surface area contributed by atoms with Crippen LogP contribution in [0.5, 0.6) is 0 Å². The van der Waals surface area contributed by atoms with Crippen LogP contribution < -0.4 is 11.1 Å². The van der Waals surface area contributed by atoms with Crippen molar-refractivity contribution >= 4 is 0 Å². The molecule has 3 nitrogen and oxygen atoms in total. The van der Waals surface area contributed by atoms with Crippen LogP contribution >= 0.6 is 0 Å². The van der Waals surface area contributed by atoms with E-state index in [2.05, 4.69) is 10.1 Å². The van der Waals surface area contributed by atoms with Crippen molar-refractivity contribution in [3.63, 3.8) is 0 Å². The summed E-state index contributed by atoms with van der Waals surface area (Å²) in [6, 6.07) is 0. The molecule has 0 unspecified atom stereocenters. The molecule has 48 valence electrons. The van der Waals surface area contributed by atoms with Gasteiger partial charge < -0.3 is 15.8 Å². The predicted octanol–water partition coefficient (Wildman–Crippen LogP) is -0.0001000. The van der Waals surface area contributed by atoms with Crippen molar-refractivity contribution in [3.05, 3.63) is 11.9 Å². The monoisotopic (exact) mass is 116 g/mol. The Bertz CT molecular complexity index is 76.5. The fourth-order valence-corrected chi connectivity index (χ4v) is 0.286. The van der Waals surface area contributed by atoms with Crippen LogP contribution in [0.1, 0.15) is 6.92 Å². The number of ether oxygens (including phenoxy) is 1. The van der Waals surface area contributed by atoms with Gasteiger partial charge in [-0.3, -0.25) is 0 Å². The Morgan fingerprint density at radius 3 is 2.88 bits per heavy atom. The van der Waals surface area contributed by atoms with E-state index >= 15 is 0 Å². The number of methoxy groups -OCH3 is 1. The van der Waals surface area contributed by atoms with E-state index in [4.69, 9.17) is 5.73 Å². The van der Waals surface area contributed by atoms with Gasteiger partial charge in [-0.05, 0) is 6.92 Å². The maximum absolute atomic E-state index is 5.28. The largest absolute Gasteiger partial charge is 0.401 e. The summed E-state index contributed by atoms with van der Waals surface area (Å²) in [5.41, 5.74) is 6.03. The van der Waals surface area contributed by atoms with E-state index in [1.807, 2.05) is 6.92 Å². The summed E-state index contributed by atoms with van der Waals surface area (Å²) in [7, 11) is 1.62. The number of nitrogens with two attached hydrogens (primary N) is 1. The Morgan fingerprint density at radius 2 is 2.50 bits per heavy atom. The minimum Gasteiger partial charge on any atom is -0.401 e. The lowest BCUT2D eigenvalue weighted by Gasteiger charge is -1.96. The SMILES string of the molecule is COCN/C=C(\C)N. The van der Waals surface area contributed by atoms with Crippen molar-refractivity contribution < 1.29 is 4.74 Å². The van der Waals surface area contributed by atoms with E-state index < -0.39 is 0 Å². The molecule has 0 heterocycles. The average Bonchev–Trinajstić information content (AvgIpc) is 1.66. The molecule has 0 rings (SSSR count). The molecule has 0 aliphatic carbocycles. The van der Waals surface area contributed by atoms with Gasteiger partial charge in [-0.2, -0.15) is 0 Å². The molecule has 0 atom stereocenters. The number of hydrogen-bond donors (Lipinski definition) is 2. The molecule has 0 aromatic heterocycles. The van der Waals surface area contributed by atoms with Crippen LogP contribution in [0.2, 0.25) is 0 Å². The molecule has 0 saturated heterocycles. The first-order chi connectivity index (χ1) is 3.77. The van der Waals surface area contributed by atoms with Crippen molar-refractivity contribution in [3.8, 4) is 0 Å². The summed E-state index contributed by atoms with van der Waals surface area (Å²) in [5, 5.41) is 2.83. The molecule has 0 fully saturated rings. The number of allylic oxidation sites excluding steroid dienone is 1. The van der Waals surface area contributed by atoms with Crippen LogP contribution in [0.15, 0.2) is 11.9 Å². The molecule has 8 heavy (non-hydrogen) atoms. The first kappa shape index (κ1) is 7.30. The van der Waals surface area contributed by atoms with Crippen LogP contribution in [0.4, 0.5) is 0 Å². The highest BCUT2D eigenvalue weighted by Crippen LogP contribution is 1.72. The molecule has 0 bridgehead atoms. The van der Waals surface area contributed by atoms with E-state index in [1.165, 1.54) is 0 Å². The standard InChI is InChI=1S/C5H12N2O/c1-5(6)3-7-4-8-2/h3,7H,4,6H2,1-2H3/b5-3+. The fraction of sp³-hybridized carbons (Fsp3) is 0.600. The van der Waals surface area contributed by atoms with Crippen LogP contribution in [0, 0.1) is 0 Å². The third kappa shape index (κ3) is 5.30. The third-order valence-corrected chi connectivity index (χ3v) is 0.557. The first-order valence-electron chi connectivity index (χ1n) is 2.42. The highest BCUT2D eigenvalue weighted by Gasteiger charge is 1.73. The van der Waals surface area contributed by atoms with Gasteiger partial charge in [-0.1, -0.05) is 0 Å². The molecule has 0 aliphatic heterocycles. The van der Waals surface area contributed by atoms with E-state index in [0.29, 0.717) is 6.73 Å². The van der Waals surface area contributed by atoms with Gasteiger partial charge in [-0.25, -0.2) is 0 Å². The van der Waals surface area contributed by atoms with Crippen LogP contribution in [-0.2, 0) is 4.74 Å². The second kappa shape index (κ2) is 4.46. The summed E-state index contributed by atoms with van der Waals surface area (Å²) in [5.74, 6) is 0. The van der Waals surface area contributed by atoms with Crippen LogP contribution in [0.25, 0.3) is 0 Å². The van der Waals surface area contributed by atoms with Gasteiger partial charge in [0.15, 0.2) is 0 Å². The fourth-order valence-electron chi connectivity index (χ4n) is 0.286. The molecular formula is C5H12N2O. The Labute approximate surface area is 49.5 Å². The predicted molar refractivity (Wildman–Crippen MR) is 33.0 cm³/mol. The van der Waals surface area contributed by atoms with Crippen LogP contribution in [-0.4, -0.2) is 13.8 Å². The molecule has 0 saturated carbocycles. The third-order valence-electron chi connectivity index (χ3n) is 0.557. The maximum atomic E-state index is 5.28. The van der Waals surface area contributed by atoms with Gasteiger partial charge in [0.1, 0.15) is 6.73 Å². The quantitative estimate of drug-likeness (QED) is 0.403. The first-order valence-corrected chi connectivity index (χ1v) is 2.42. The van der Waals surface area contributed by atoms with Crippen molar-refractivity contribution in [1.82, 2.24) is 5.32 Å². The van der Waals surface area contributed by atoms with Gasteiger partial charge in [0, 0.05) is 19.0 Å². The number of rotatable bonds is 3. The molecule has 0 aromatic rings.